The molecular weight excluding hydrogens is 809 g/mol. The van der Waals surface area contributed by atoms with Gasteiger partial charge in [0.05, 0.1) is 11.7 Å². The number of benzene rings is 7. The van der Waals surface area contributed by atoms with Gasteiger partial charge < -0.3 is 9.80 Å². The van der Waals surface area contributed by atoms with Crippen LogP contribution in [0.3, 0.4) is 0 Å². The van der Waals surface area contributed by atoms with Crippen LogP contribution in [-0.4, -0.2) is 6.04 Å². The molecule has 0 fully saturated rings. The van der Waals surface area contributed by atoms with Crippen LogP contribution in [0.15, 0.2) is 200 Å². The molecule has 1 unspecified atom stereocenters. The molecule has 7 aromatic rings. The van der Waals surface area contributed by atoms with Crippen molar-refractivity contribution in [2.75, 3.05) is 9.80 Å². The predicted octanol–water partition coefficient (Wildman–Crippen LogP) is 19.1. The van der Waals surface area contributed by atoms with E-state index in [4.69, 9.17) is 0 Å². The Labute approximate surface area is 402 Å². The monoisotopic (exact) mass is 879 g/mol. The van der Waals surface area contributed by atoms with Crippen LogP contribution in [0.5, 0.6) is 0 Å². The molecule has 340 valence electrons. The molecule has 67 heavy (non-hydrogen) atoms. The third-order valence-electron chi connectivity index (χ3n) is 14.6. The van der Waals surface area contributed by atoms with Gasteiger partial charge in [-0.05, 0) is 113 Å². The Kier molecular flexibility index (Phi) is 15.3. The highest BCUT2D eigenvalue weighted by Gasteiger charge is 2.43. The standard InChI is InChI=1S/C65H70N2/c1-3-5-7-9-11-29-47-65(48-30-12-10-8-6-4-2)61-49-55(66(53-35-21-15-22-36-53)63-41-27-25-39-57(63)51-31-17-13-18-32-51)43-45-59(61)60-46-44-56(50-62(60)65)67(54-37-23-16-24-38-54)64-42-28-26-40-58(64)52-33-19-14-20-34-52/h13-28,31-41,43-46,49-50,64H,3-12,29-30,42,47-48H2,1-2H3. The van der Waals surface area contributed by atoms with Gasteiger partial charge in [-0.3, -0.25) is 0 Å². The first-order chi connectivity index (χ1) is 33.2. The van der Waals surface area contributed by atoms with Crippen molar-refractivity contribution in [1.82, 2.24) is 0 Å². The number of unbranched alkanes of at least 4 members (excludes halogenated alkanes) is 10. The molecule has 0 heterocycles. The van der Waals surface area contributed by atoms with Crippen molar-refractivity contribution in [3.63, 3.8) is 0 Å². The molecule has 2 aliphatic carbocycles. The fraction of sp³-hybridized carbons (Fsp3) is 0.292. The first kappa shape index (κ1) is 45.8. The topological polar surface area (TPSA) is 6.48 Å². The molecule has 0 spiro atoms. The number of hydrogen-bond donors (Lipinski definition) is 0. The maximum atomic E-state index is 2.65. The van der Waals surface area contributed by atoms with Gasteiger partial charge in [0.2, 0.25) is 0 Å². The van der Waals surface area contributed by atoms with Crippen LogP contribution < -0.4 is 9.80 Å². The first-order valence-corrected chi connectivity index (χ1v) is 25.8. The van der Waals surface area contributed by atoms with Crippen molar-refractivity contribution >= 4 is 34.0 Å². The summed E-state index contributed by atoms with van der Waals surface area (Å²) in [6, 6.07) is 68.3. The fourth-order valence-electron chi connectivity index (χ4n) is 11.3. The van der Waals surface area contributed by atoms with Crippen molar-refractivity contribution in [2.45, 2.75) is 122 Å². The van der Waals surface area contributed by atoms with E-state index in [2.05, 4.69) is 224 Å². The van der Waals surface area contributed by atoms with E-state index in [0.717, 1.165) is 19.3 Å². The Morgan fingerprint density at radius 1 is 0.433 bits per heavy atom. The summed E-state index contributed by atoms with van der Waals surface area (Å²) >= 11 is 0. The third kappa shape index (κ3) is 10.2. The average molecular weight is 879 g/mol. The molecule has 0 aromatic heterocycles. The van der Waals surface area contributed by atoms with Crippen LogP contribution in [0.25, 0.3) is 27.8 Å². The number of allylic oxidation sites excluding steroid dienone is 2. The summed E-state index contributed by atoms with van der Waals surface area (Å²) in [6.45, 7) is 4.66. The maximum absolute atomic E-state index is 2.65. The molecule has 0 N–H and O–H groups in total. The van der Waals surface area contributed by atoms with Gasteiger partial charge in [0.15, 0.2) is 0 Å². The van der Waals surface area contributed by atoms with E-state index >= 15 is 0 Å². The van der Waals surface area contributed by atoms with Gasteiger partial charge in [-0.2, -0.15) is 0 Å². The second kappa shape index (κ2) is 22.4. The predicted molar refractivity (Wildman–Crippen MR) is 289 cm³/mol. The summed E-state index contributed by atoms with van der Waals surface area (Å²) in [5.41, 5.74) is 16.9. The zero-order chi connectivity index (χ0) is 45.7. The van der Waals surface area contributed by atoms with Gasteiger partial charge >= 0.3 is 0 Å². The Balaban J connectivity index is 1.21. The SMILES string of the molecule is CCCCCCCCC1(CCCCCCCC)c2cc(N(c3ccccc3)c3ccccc3-c3ccccc3)ccc2-c2ccc(N(c3ccccc3)C3CC=CC=C3c3ccccc3)cc21. The fourth-order valence-corrected chi connectivity index (χ4v) is 11.3. The Hall–Kier alpha value is -6.38. The first-order valence-electron chi connectivity index (χ1n) is 25.8. The molecule has 0 saturated carbocycles. The Morgan fingerprint density at radius 3 is 1.54 bits per heavy atom. The lowest BCUT2D eigenvalue weighted by Gasteiger charge is -2.38. The zero-order valence-corrected chi connectivity index (χ0v) is 40.1. The van der Waals surface area contributed by atoms with Crippen molar-refractivity contribution in [3.05, 3.63) is 217 Å². The highest BCUT2D eigenvalue weighted by atomic mass is 15.2. The van der Waals surface area contributed by atoms with E-state index in [1.165, 1.54) is 150 Å². The Bertz CT molecular complexity index is 2680. The lowest BCUT2D eigenvalue weighted by atomic mass is 9.70. The van der Waals surface area contributed by atoms with Crippen LogP contribution in [0, 0.1) is 0 Å². The minimum absolute atomic E-state index is 0.125. The molecule has 0 aliphatic heterocycles. The summed E-state index contributed by atoms with van der Waals surface area (Å²) in [6.07, 6.45) is 25.7. The van der Waals surface area contributed by atoms with Gasteiger partial charge in [0, 0.05) is 33.7 Å². The van der Waals surface area contributed by atoms with Gasteiger partial charge in [0.25, 0.3) is 0 Å². The van der Waals surface area contributed by atoms with Crippen LogP contribution in [-0.2, 0) is 5.41 Å². The molecule has 0 saturated heterocycles. The highest BCUT2D eigenvalue weighted by Crippen LogP contribution is 2.57. The molecule has 1 atom stereocenters. The van der Waals surface area contributed by atoms with Gasteiger partial charge in [0.1, 0.15) is 0 Å². The van der Waals surface area contributed by atoms with E-state index in [-0.39, 0.29) is 11.5 Å². The molecule has 2 nitrogen and oxygen atoms in total. The molecule has 0 amide bonds. The smallest absolute Gasteiger partial charge is 0.0631 e. The van der Waals surface area contributed by atoms with Gasteiger partial charge in [-0.1, -0.05) is 237 Å². The number of nitrogens with zero attached hydrogens (tertiary/aromatic N) is 2. The summed E-state index contributed by atoms with van der Waals surface area (Å²) in [5, 5.41) is 0. The molecule has 0 radical (unpaired) electrons. The maximum Gasteiger partial charge on any atom is 0.0631 e. The van der Waals surface area contributed by atoms with E-state index in [0.29, 0.717) is 0 Å². The number of anilines is 5. The molecule has 9 rings (SSSR count). The van der Waals surface area contributed by atoms with E-state index < -0.39 is 0 Å². The van der Waals surface area contributed by atoms with Crippen LogP contribution in [0.4, 0.5) is 28.4 Å². The van der Waals surface area contributed by atoms with E-state index in [1.54, 1.807) is 0 Å². The largest absolute Gasteiger partial charge is 0.334 e. The number of rotatable bonds is 22. The van der Waals surface area contributed by atoms with Crippen LogP contribution in [0.1, 0.15) is 127 Å². The van der Waals surface area contributed by atoms with E-state index in [9.17, 15) is 0 Å². The van der Waals surface area contributed by atoms with Crippen molar-refractivity contribution in [3.8, 4) is 22.3 Å². The quantitative estimate of drug-likeness (QED) is 0.0626. The lowest BCUT2D eigenvalue weighted by molar-refractivity contribution is 0.398. The summed E-state index contributed by atoms with van der Waals surface area (Å²) in [4.78, 5) is 5.16. The normalized spacial score (nSPS) is 14.6. The Morgan fingerprint density at radius 2 is 0.925 bits per heavy atom. The van der Waals surface area contributed by atoms with Crippen LogP contribution in [0.2, 0.25) is 0 Å². The third-order valence-corrected chi connectivity index (χ3v) is 14.6. The summed E-state index contributed by atoms with van der Waals surface area (Å²) < 4.78 is 0. The minimum atomic E-state index is -0.125. The van der Waals surface area contributed by atoms with Gasteiger partial charge in [-0.15, -0.1) is 0 Å². The number of para-hydroxylation sites is 3. The average Bonchev–Trinajstić information content (AvgIpc) is 3.65. The highest BCUT2D eigenvalue weighted by molar-refractivity contribution is 5.91. The summed E-state index contributed by atoms with van der Waals surface area (Å²) in [7, 11) is 0. The molecule has 2 heteroatoms. The minimum Gasteiger partial charge on any atom is -0.334 e. The molecule has 0 bridgehead atoms. The second-order valence-electron chi connectivity index (χ2n) is 19.0. The van der Waals surface area contributed by atoms with Crippen molar-refractivity contribution < 1.29 is 0 Å². The number of hydrogen-bond acceptors (Lipinski definition) is 2. The molecule has 7 aromatic carbocycles. The zero-order valence-electron chi connectivity index (χ0n) is 40.1. The van der Waals surface area contributed by atoms with Crippen molar-refractivity contribution in [1.29, 1.82) is 0 Å². The molecular formula is C65H70N2. The lowest BCUT2D eigenvalue weighted by Crippen LogP contribution is -2.33. The van der Waals surface area contributed by atoms with Gasteiger partial charge in [-0.25, -0.2) is 0 Å². The second-order valence-corrected chi connectivity index (χ2v) is 19.0. The van der Waals surface area contributed by atoms with E-state index in [1.807, 2.05) is 0 Å². The van der Waals surface area contributed by atoms with Crippen molar-refractivity contribution in [2.24, 2.45) is 0 Å². The molecule has 2 aliphatic rings. The summed E-state index contributed by atoms with van der Waals surface area (Å²) in [5.74, 6) is 0. The number of fused-ring (bicyclic) bond motifs is 3. The van der Waals surface area contributed by atoms with Crippen LogP contribution >= 0.6 is 0 Å².